The Morgan fingerprint density at radius 1 is 1.00 bits per heavy atom. The van der Waals surface area contributed by atoms with Gasteiger partial charge in [-0.15, -0.1) is 0 Å². The molecule has 3 aromatic rings. The lowest BCUT2D eigenvalue weighted by molar-refractivity contribution is -0.116. The van der Waals surface area contributed by atoms with Crippen molar-refractivity contribution >= 4 is 23.1 Å². The van der Waals surface area contributed by atoms with Crippen LogP contribution in [0.4, 0.5) is 17.2 Å². The van der Waals surface area contributed by atoms with Crippen molar-refractivity contribution in [1.82, 2.24) is 4.98 Å². The number of rotatable bonds is 5. The number of para-hydroxylation sites is 1. The van der Waals surface area contributed by atoms with Crippen LogP contribution in [0.3, 0.4) is 0 Å². The van der Waals surface area contributed by atoms with E-state index in [1.807, 2.05) is 48.7 Å². The van der Waals surface area contributed by atoms with E-state index in [-0.39, 0.29) is 5.91 Å². The highest BCUT2D eigenvalue weighted by molar-refractivity contribution is 5.90. The number of carbonyl (C=O) groups excluding carboxylic acids is 1. The lowest BCUT2D eigenvalue weighted by Crippen LogP contribution is -2.24. The zero-order chi connectivity index (χ0) is 18.5. The van der Waals surface area contributed by atoms with Gasteiger partial charge in [-0.3, -0.25) is 4.79 Å². The fourth-order valence-electron chi connectivity index (χ4n) is 3.53. The topological polar surface area (TPSA) is 45.2 Å². The molecule has 4 nitrogen and oxygen atoms in total. The molecule has 136 valence electrons. The summed E-state index contributed by atoms with van der Waals surface area (Å²) in [6.45, 7) is 0.988. The summed E-state index contributed by atoms with van der Waals surface area (Å²) in [5.41, 5.74) is 4.86. The van der Waals surface area contributed by atoms with Gasteiger partial charge in [0.2, 0.25) is 5.91 Å². The molecule has 0 radical (unpaired) electrons. The van der Waals surface area contributed by atoms with Crippen LogP contribution in [-0.2, 0) is 17.6 Å². The summed E-state index contributed by atoms with van der Waals surface area (Å²) in [4.78, 5) is 18.9. The van der Waals surface area contributed by atoms with E-state index in [2.05, 4.69) is 39.5 Å². The van der Waals surface area contributed by atoms with Gasteiger partial charge in [-0.25, -0.2) is 4.98 Å². The number of carbonyl (C=O) groups is 1. The van der Waals surface area contributed by atoms with Crippen LogP contribution in [0.2, 0.25) is 0 Å². The highest BCUT2D eigenvalue weighted by Crippen LogP contribution is 2.33. The van der Waals surface area contributed by atoms with E-state index in [0.717, 1.165) is 31.5 Å². The zero-order valence-electron chi connectivity index (χ0n) is 15.3. The van der Waals surface area contributed by atoms with Gasteiger partial charge >= 0.3 is 0 Å². The molecule has 4 rings (SSSR count). The SMILES string of the molecule is O=C(CCc1ccccc1)Nc1ccc(N2CCCc3ccccc32)cn1. The second-order valence-electron chi connectivity index (χ2n) is 6.82. The zero-order valence-corrected chi connectivity index (χ0v) is 15.3. The Bertz CT molecular complexity index is 906. The van der Waals surface area contributed by atoms with Crippen molar-refractivity contribution in [3.63, 3.8) is 0 Å². The number of pyridine rings is 1. The third-order valence-electron chi connectivity index (χ3n) is 4.92. The van der Waals surface area contributed by atoms with E-state index in [1.54, 1.807) is 0 Å². The maximum absolute atomic E-state index is 12.2. The second-order valence-corrected chi connectivity index (χ2v) is 6.82. The predicted octanol–water partition coefficient (Wildman–Crippen LogP) is 4.74. The number of hydrogen-bond donors (Lipinski definition) is 1. The molecule has 1 amide bonds. The quantitative estimate of drug-likeness (QED) is 0.717. The number of amides is 1. The van der Waals surface area contributed by atoms with E-state index < -0.39 is 0 Å². The van der Waals surface area contributed by atoms with Gasteiger partial charge in [0.1, 0.15) is 5.82 Å². The van der Waals surface area contributed by atoms with Crippen molar-refractivity contribution in [2.24, 2.45) is 0 Å². The number of nitrogens with zero attached hydrogens (tertiary/aromatic N) is 2. The standard InChI is InChI=1S/C23H23N3O/c27-23(15-12-18-7-2-1-3-8-18)25-22-14-13-20(17-24-22)26-16-6-10-19-9-4-5-11-21(19)26/h1-5,7-9,11,13-14,17H,6,10,12,15-16H2,(H,24,25,27). The van der Waals surface area contributed by atoms with E-state index in [9.17, 15) is 4.79 Å². The Morgan fingerprint density at radius 3 is 2.63 bits per heavy atom. The predicted molar refractivity (Wildman–Crippen MR) is 109 cm³/mol. The number of aromatic nitrogens is 1. The highest BCUT2D eigenvalue weighted by atomic mass is 16.1. The minimum atomic E-state index is -0.0116. The van der Waals surface area contributed by atoms with Gasteiger partial charge in [0.15, 0.2) is 0 Å². The summed E-state index contributed by atoms with van der Waals surface area (Å²) in [6.07, 6.45) is 5.28. The fraction of sp³-hybridized carbons (Fsp3) is 0.217. The van der Waals surface area contributed by atoms with Crippen LogP contribution in [0, 0.1) is 0 Å². The molecule has 1 aromatic heterocycles. The smallest absolute Gasteiger partial charge is 0.225 e. The Kier molecular flexibility index (Phi) is 5.15. The number of hydrogen-bond acceptors (Lipinski definition) is 3. The summed E-state index contributed by atoms with van der Waals surface area (Å²) in [6, 6.07) is 22.5. The van der Waals surface area contributed by atoms with E-state index in [0.29, 0.717) is 12.2 Å². The average Bonchev–Trinajstić information content (AvgIpc) is 2.73. The summed E-state index contributed by atoms with van der Waals surface area (Å²) >= 11 is 0. The Labute approximate surface area is 159 Å². The molecule has 0 bridgehead atoms. The maximum Gasteiger partial charge on any atom is 0.225 e. The largest absolute Gasteiger partial charge is 0.340 e. The van der Waals surface area contributed by atoms with E-state index >= 15 is 0 Å². The van der Waals surface area contributed by atoms with Gasteiger partial charge < -0.3 is 10.2 Å². The van der Waals surface area contributed by atoms with Gasteiger partial charge in [-0.2, -0.15) is 0 Å². The Morgan fingerprint density at radius 2 is 1.81 bits per heavy atom. The van der Waals surface area contributed by atoms with Crippen LogP contribution >= 0.6 is 0 Å². The van der Waals surface area contributed by atoms with Crippen LogP contribution in [0.5, 0.6) is 0 Å². The molecule has 0 aliphatic carbocycles. The third kappa shape index (κ3) is 4.17. The van der Waals surface area contributed by atoms with Crippen molar-refractivity contribution < 1.29 is 4.79 Å². The minimum Gasteiger partial charge on any atom is -0.340 e. The van der Waals surface area contributed by atoms with E-state index in [1.165, 1.54) is 16.8 Å². The summed E-state index contributed by atoms with van der Waals surface area (Å²) < 4.78 is 0. The van der Waals surface area contributed by atoms with Gasteiger partial charge in [-0.1, -0.05) is 48.5 Å². The first-order valence-electron chi connectivity index (χ1n) is 9.45. The molecular weight excluding hydrogens is 334 g/mol. The van der Waals surface area contributed by atoms with Gasteiger partial charge in [-0.05, 0) is 48.6 Å². The molecule has 0 unspecified atom stereocenters. The first-order valence-corrected chi connectivity index (χ1v) is 9.45. The number of fused-ring (bicyclic) bond motifs is 1. The normalized spacial score (nSPS) is 13.1. The van der Waals surface area contributed by atoms with Gasteiger partial charge in [0, 0.05) is 18.7 Å². The lowest BCUT2D eigenvalue weighted by atomic mass is 10.0. The summed E-state index contributed by atoms with van der Waals surface area (Å²) in [5, 5.41) is 2.89. The average molecular weight is 357 g/mol. The number of anilines is 3. The molecule has 4 heteroatoms. The number of nitrogens with one attached hydrogen (secondary N) is 1. The Hall–Kier alpha value is -3.14. The number of aryl methyl sites for hydroxylation is 2. The highest BCUT2D eigenvalue weighted by Gasteiger charge is 2.18. The van der Waals surface area contributed by atoms with Crippen molar-refractivity contribution in [3.05, 3.63) is 84.1 Å². The van der Waals surface area contributed by atoms with Crippen LogP contribution < -0.4 is 10.2 Å². The summed E-state index contributed by atoms with van der Waals surface area (Å²) in [5.74, 6) is 0.588. The third-order valence-corrected chi connectivity index (χ3v) is 4.92. The fourth-order valence-corrected chi connectivity index (χ4v) is 3.53. The molecule has 0 saturated carbocycles. The van der Waals surface area contributed by atoms with Gasteiger partial charge in [0.25, 0.3) is 0 Å². The molecule has 1 aliphatic heterocycles. The second kappa shape index (κ2) is 8.04. The lowest BCUT2D eigenvalue weighted by Gasteiger charge is -2.31. The molecule has 2 aromatic carbocycles. The maximum atomic E-state index is 12.2. The van der Waals surface area contributed by atoms with Crippen molar-refractivity contribution in [3.8, 4) is 0 Å². The van der Waals surface area contributed by atoms with Crippen LogP contribution in [0.25, 0.3) is 0 Å². The monoisotopic (exact) mass is 357 g/mol. The van der Waals surface area contributed by atoms with Crippen molar-refractivity contribution in [1.29, 1.82) is 0 Å². The van der Waals surface area contributed by atoms with Crippen LogP contribution in [0.1, 0.15) is 24.0 Å². The minimum absolute atomic E-state index is 0.0116. The van der Waals surface area contributed by atoms with Crippen LogP contribution in [-0.4, -0.2) is 17.4 Å². The molecule has 0 saturated heterocycles. The molecule has 1 N–H and O–H groups in total. The first-order chi connectivity index (χ1) is 13.3. The van der Waals surface area contributed by atoms with Crippen molar-refractivity contribution in [2.75, 3.05) is 16.8 Å². The molecule has 0 spiro atoms. The van der Waals surface area contributed by atoms with Crippen LogP contribution in [0.15, 0.2) is 72.9 Å². The Balaban J connectivity index is 1.39. The van der Waals surface area contributed by atoms with Gasteiger partial charge in [0.05, 0.1) is 11.9 Å². The van der Waals surface area contributed by atoms with Crippen molar-refractivity contribution in [2.45, 2.75) is 25.7 Å². The summed E-state index contributed by atoms with van der Waals surface area (Å²) in [7, 11) is 0. The first kappa shape index (κ1) is 17.3. The molecule has 2 heterocycles. The number of benzene rings is 2. The van der Waals surface area contributed by atoms with E-state index in [4.69, 9.17) is 0 Å². The molecule has 0 atom stereocenters. The molecule has 1 aliphatic rings. The molecule has 0 fully saturated rings. The molecule has 27 heavy (non-hydrogen) atoms. The molecular formula is C23H23N3O.